The lowest BCUT2D eigenvalue weighted by atomic mass is 10.0. The molecule has 2 unspecified atom stereocenters. The largest absolute Gasteiger partial charge is 0.394 e. The maximum atomic E-state index is 12.4. The van der Waals surface area contributed by atoms with Crippen molar-refractivity contribution in [1.29, 1.82) is 0 Å². The predicted molar refractivity (Wildman–Crippen MR) is 257 cm³/mol. The number of hydrogen-bond acceptors (Lipinski definition) is 3. The van der Waals surface area contributed by atoms with Crippen molar-refractivity contribution in [3.63, 3.8) is 0 Å². The summed E-state index contributed by atoms with van der Waals surface area (Å²) < 4.78 is 0. The summed E-state index contributed by atoms with van der Waals surface area (Å²) in [4.78, 5) is 12.4. The molecule has 0 spiro atoms. The van der Waals surface area contributed by atoms with Crippen molar-refractivity contribution in [3.05, 3.63) is 72.9 Å². The molecule has 0 aliphatic rings. The summed E-state index contributed by atoms with van der Waals surface area (Å²) in [5.74, 6) is -0.0832. The molecule has 1 amide bonds. The first kappa shape index (κ1) is 55.8. The average Bonchev–Trinajstić information content (AvgIpc) is 3.23. The van der Waals surface area contributed by atoms with E-state index in [9.17, 15) is 15.0 Å². The molecule has 0 aromatic heterocycles. The Balaban J connectivity index is 3.60. The quantitative estimate of drug-likeness (QED) is 0.0424. The molecule has 0 aliphatic heterocycles. The Morgan fingerprint density at radius 1 is 0.431 bits per heavy atom. The zero-order valence-corrected chi connectivity index (χ0v) is 38.5. The van der Waals surface area contributed by atoms with Gasteiger partial charge in [-0.15, -0.1) is 0 Å². The van der Waals surface area contributed by atoms with E-state index in [1.54, 1.807) is 6.08 Å². The molecule has 4 heteroatoms. The van der Waals surface area contributed by atoms with Crippen molar-refractivity contribution in [3.8, 4) is 0 Å². The van der Waals surface area contributed by atoms with Crippen LogP contribution in [0.15, 0.2) is 72.9 Å². The molecule has 58 heavy (non-hydrogen) atoms. The molecule has 0 saturated carbocycles. The lowest BCUT2D eigenvalue weighted by Crippen LogP contribution is -2.45. The number of aliphatic hydroxyl groups excluding tert-OH is 2. The fourth-order valence-electron chi connectivity index (χ4n) is 7.36. The molecule has 0 fully saturated rings. The molecule has 0 rings (SSSR count). The van der Waals surface area contributed by atoms with Gasteiger partial charge in [-0.3, -0.25) is 4.79 Å². The standard InChI is InChI=1S/C54H97NO3/c1-3-5-7-9-11-13-15-17-19-21-23-25-26-27-28-30-31-33-35-37-39-41-43-45-47-49-53(57)52(51-56)55-54(58)50-48-46-44-42-40-38-36-34-32-29-24-22-20-18-16-14-12-10-8-6-4-2/h6,8,12,14,18,20,24,29,39,41,47,49,52-53,56-57H,3-5,7,9-11,13,15-17,19,21-23,25-28,30-38,40,42-46,48,50-51H2,1-2H3,(H,55,58)/b8-6-,14-12-,20-18-,29-24-,41-39+,49-47+. The van der Waals surface area contributed by atoms with Gasteiger partial charge in [-0.1, -0.05) is 241 Å². The van der Waals surface area contributed by atoms with E-state index in [2.05, 4.69) is 79.9 Å². The minimum Gasteiger partial charge on any atom is -0.394 e. The van der Waals surface area contributed by atoms with E-state index in [1.165, 1.54) is 161 Å². The minimum absolute atomic E-state index is 0.0832. The second kappa shape index (κ2) is 49.2. The molecule has 4 nitrogen and oxygen atoms in total. The highest BCUT2D eigenvalue weighted by atomic mass is 16.3. The number of unbranched alkanes of at least 4 members (excludes halogenated alkanes) is 28. The highest BCUT2D eigenvalue weighted by Crippen LogP contribution is 2.16. The smallest absolute Gasteiger partial charge is 0.220 e. The fraction of sp³-hybridized carbons (Fsp3) is 0.759. The molecule has 0 saturated heterocycles. The van der Waals surface area contributed by atoms with Crippen LogP contribution in [-0.4, -0.2) is 34.9 Å². The molecule has 3 N–H and O–H groups in total. The monoisotopic (exact) mass is 808 g/mol. The number of hydrogen-bond donors (Lipinski definition) is 3. The Kier molecular flexibility index (Phi) is 47.4. The van der Waals surface area contributed by atoms with Crippen molar-refractivity contribution < 1.29 is 15.0 Å². The molecule has 2 atom stereocenters. The van der Waals surface area contributed by atoms with Crippen LogP contribution < -0.4 is 5.32 Å². The molecule has 0 aromatic carbocycles. The average molecular weight is 808 g/mol. The van der Waals surface area contributed by atoms with Gasteiger partial charge < -0.3 is 15.5 Å². The number of carbonyl (C=O) groups excluding carboxylic acids is 1. The van der Waals surface area contributed by atoms with Crippen molar-refractivity contribution in [2.45, 2.75) is 257 Å². The zero-order chi connectivity index (χ0) is 42.1. The maximum Gasteiger partial charge on any atom is 0.220 e. The van der Waals surface area contributed by atoms with E-state index in [0.29, 0.717) is 6.42 Å². The molecule has 0 bridgehead atoms. The number of amides is 1. The van der Waals surface area contributed by atoms with Gasteiger partial charge >= 0.3 is 0 Å². The third-order valence-electron chi connectivity index (χ3n) is 11.2. The van der Waals surface area contributed by atoms with Crippen LogP contribution in [0.2, 0.25) is 0 Å². The van der Waals surface area contributed by atoms with Gasteiger partial charge in [0.05, 0.1) is 18.8 Å². The van der Waals surface area contributed by atoms with Gasteiger partial charge in [0.1, 0.15) is 0 Å². The number of allylic oxidation sites excluding steroid dienone is 11. The van der Waals surface area contributed by atoms with E-state index in [4.69, 9.17) is 0 Å². The van der Waals surface area contributed by atoms with Crippen LogP contribution in [0.5, 0.6) is 0 Å². The molecule has 0 heterocycles. The van der Waals surface area contributed by atoms with Gasteiger partial charge in [0.25, 0.3) is 0 Å². The van der Waals surface area contributed by atoms with Crippen LogP contribution in [0, 0.1) is 0 Å². The summed E-state index contributed by atoms with van der Waals surface area (Å²) >= 11 is 0. The van der Waals surface area contributed by atoms with Gasteiger partial charge in [-0.25, -0.2) is 0 Å². The van der Waals surface area contributed by atoms with E-state index in [0.717, 1.165) is 64.2 Å². The number of carbonyl (C=O) groups is 1. The molecule has 0 aliphatic carbocycles. The van der Waals surface area contributed by atoms with Gasteiger partial charge in [0.2, 0.25) is 5.91 Å². The van der Waals surface area contributed by atoms with Gasteiger partial charge in [0.15, 0.2) is 0 Å². The molecule has 0 radical (unpaired) electrons. The summed E-state index contributed by atoms with van der Waals surface area (Å²) in [6, 6.07) is -0.648. The maximum absolute atomic E-state index is 12.4. The second-order valence-corrected chi connectivity index (χ2v) is 16.8. The Morgan fingerprint density at radius 3 is 1.21 bits per heavy atom. The topological polar surface area (TPSA) is 69.6 Å². The van der Waals surface area contributed by atoms with E-state index >= 15 is 0 Å². The predicted octanol–water partition coefficient (Wildman–Crippen LogP) is 16.2. The number of nitrogens with one attached hydrogen (secondary N) is 1. The summed E-state index contributed by atoms with van der Waals surface area (Å²) in [7, 11) is 0. The Hall–Kier alpha value is -2.17. The van der Waals surface area contributed by atoms with Crippen molar-refractivity contribution in [2.24, 2.45) is 0 Å². The van der Waals surface area contributed by atoms with E-state index < -0.39 is 12.1 Å². The first-order valence-electron chi connectivity index (χ1n) is 25.2. The molecule has 0 aromatic rings. The molecule has 336 valence electrons. The SMILES string of the molecule is CC/C=C\C/C=C\C/C=C\C/C=C\CCCCCCCCCCC(=O)NC(CO)C(O)/C=C/CC/C=C/CCCCCCCCCCCCCCCCCCCCC. The highest BCUT2D eigenvalue weighted by Gasteiger charge is 2.17. The van der Waals surface area contributed by atoms with Crippen LogP contribution in [0.1, 0.15) is 245 Å². The van der Waals surface area contributed by atoms with Crippen LogP contribution in [-0.2, 0) is 4.79 Å². The Labute approximate surface area is 361 Å². The lowest BCUT2D eigenvalue weighted by Gasteiger charge is -2.19. The van der Waals surface area contributed by atoms with Crippen LogP contribution in [0.25, 0.3) is 0 Å². The summed E-state index contributed by atoms with van der Waals surface area (Å²) in [5, 5.41) is 23.1. The lowest BCUT2D eigenvalue weighted by molar-refractivity contribution is -0.123. The third kappa shape index (κ3) is 44.9. The van der Waals surface area contributed by atoms with Crippen molar-refractivity contribution >= 4 is 5.91 Å². The normalized spacial score (nSPS) is 13.5. The summed E-state index contributed by atoms with van der Waals surface area (Å²) in [6.07, 6.45) is 70.4. The van der Waals surface area contributed by atoms with Gasteiger partial charge in [0, 0.05) is 6.42 Å². The van der Waals surface area contributed by atoms with Gasteiger partial charge in [-0.2, -0.15) is 0 Å². The molecular formula is C54H97NO3. The Morgan fingerprint density at radius 2 is 0.776 bits per heavy atom. The summed E-state index contributed by atoms with van der Waals surface area (Å²) in [6.45, 7) is 4.19. The van der Waals surface area contributed by atoms with Gasteiger partial charge in [-0.05, 0) is 70.6 Å². The number of rotatable bonds is 45. The minimum atomic E-state index is -0.870. The zero-order valence-electron chi connectivity index (χ0n) is 38.5. The van der Waals surface area contributed by atoms with E-state index in [1.807, 2.05) is 6.08 Å². The Bertz CT molecular complexity index is 1010. The highest BCUT2D eigenvalue weighted by molar-refractivity contribution is 5.76. The van der Waals surface area contributed by atoms with E-state index in [-0.39, 0.29) is 12.5 Å². The van der Waals surface area contributed by atoms with Crippen LogP contribution >= 0.6 is 0 Å². The fourth-order valence-corrected chi connectivity index (χ4v) is 7.36. The first-order valence-corrected chi connectivity index (χ1v) is 25.2. The third-order valence-corrected chi connectivity index (χ3v) is 11.2. The second-order valence-electron chi connectivity index (χ2n) is 16.8. The molecular weight excluding hydrogens is 711 g/mol. The number of aliphatic hydroxyl groups is 2. The first-order chi connectivity index (χ1) is 28.7. The van der Waals surface area contributed by atoms with Crippen molar-refractivity contribution in [2.75, 3.05) is 6.61 Å². The van der Waals surface area contributed by atoms with Crippen LogP contribution in [0.3, 0.4) is 0 Å². The summed E-state index contributed by atoms with van der Waals surface area (Å²) in [5.41, 5.74) is 0. The van der Waals surface area contributed by atoms with Crippen LogP contribution in [0.4, 0.5) is 0 Å². The van der Waals surface area contributed by atoms with Crippen molar-refractivity contribution in [1.82, 2.24) is 5.32 Å².